The summed E-state index contributed by atoms with van der Waals surface area (Å²) in [7, 11) is 0. The molecule has 1 unspecified atom stereocenters. The number of nitrogens with zero attached hydrogens (tertiary/aromatic N) is 3. The molecule has 0 fully saturated rings. The third-order valence-electron chi connectivity index (χ3n) is 4.08. The SMILES string of the molecule is CC(=O)Nc1cc(-c2ccc(OCC(C)(CC(C)C)NC(=O)O)c(C)n2)ncn1. The van der Waals surface area contributed by atoms with E-state index in [-0.39, 0.29) is 12.5 Å². The number of ether oxygens (including phenoxy) is 1. The first kappa shape index (κ1) is 22.1. The topological polar surface area (TPSA) is 126 Å². The number of aromatic nitrogens is 3. The van der Waals surface area contributed by atoms with E-state index in [1.54, 1.807) is 25.1 Å². The largest absolute Gasteiger partial charge is 0.489 e. The van der Waals surface area contributed by atoms with Crippen LogP contribution in [0, 0.1) is 12.8 Å². The molecule has 0 aliphatic rings. The van der Waals surface area contributed by atoms with Gasteiger partial charge in [-0.25, -0.2) is 19.7 Å². The third-order valence-corrected chi connectivity index (χ3v) is 4.08. The molecule has 2 aromatic rings. The lowest BCUT2D eigenvalue weighted by Gasteiger charge is -2.31. The molecule has 3 N–H and O–H groups in total. The summed E-state index contributed by atoms with van der Waals surface area (Å²) in [5, 5.41) is 14.3. The molecular formula is C20H27N5O4. The van der Waals surface area contributed by atoms with E-state index in [9.17, 15) is 9.59 Å². The minimum atomic E-state index is -1.08. The highest BCUT2D eigenvalue weighted by atomic mass is 16.5. The van der Waals surface area contributed by atoms with Gasteiger partial charge in [-0.15, -0.1) is 0 Å². The van der Waals surface area contributed by atoms with Gasteiger partial charge in [-0.1, -0.05) is 13.8 Å². The number of carbonyl (C=O) groups excluding carboxylic acids is 1. The van der Waals surface area contributed by atoms with Crippen LogP contribution in [0.4, 0.5) is 10.6 Å². The van der Waals surface area contributed by atoms with Gasteiger partial charge in [-0.05, 0) is 38.3 Å². The second-order valence-electron chi connectivity index (χ2n) is 7.63. The number of carbonyl (C=O) groups is 2. The smallest absolute Gasteiger partial charge is 0.405 e. The van der Waals surface area contributed by atoms with Gasteiger partial charge in [0.1, 0.15) is 24.5 Å². The van der Waals surface area contributed by atoms with Gasteiger partial charge in [-0.2, -0.15) is 0 Å². The van der Waals surface area contributed by atoms with Crippen LogP contribution in [0.1, 0.15) is 39.8 Å². The summed E-state index contributed by atoms with van der Waals surface area (Å²) in [6.45, 7) is 9.27. The molecule has 2 aromatic heterocycles. The van der Waals surface area contributed by atoms with E-state index >= 15 is 0 Å². The van der Waals surface area contributed by atoms with Crippen molar-refractivity contribution >= 4 is 17.8 Å². The Morgan fingerprint density at radius 1 is 1.24 bits per heavy atom. The molecule has 1 atom stereocenters. The van der Waals surface area contributed by atoms with Crippen molar-refractivity contribution < 1.29 is 19.4 Å². The van der Waals surface area contributed by atoms with E-state index in [0.717, 1.165) is 0 Å². The second kappa shape index (κ2) is 9.31. The summed E-state index contributed by atoms with van der Waals surface area (Å²) in [6, 6.07) is 5.17. The number of aryl methyl sites for hydroxylation is 1. The molecule has 9 heteroatoms. The van der Waals surface area contributed by atoms with Crippen molar-refractivity contribution in [3.05, 3.63) is 30.2 Å². The maximum absolute atomic E-state index is 11.2. The predicted octanol–water partition coefficient (Wildman–Crippen LogP) is 3.26. The average molecular weight is 401 g/mol. The summed E-state index contributed by atoms with van der Waals surface area (Å²) < 4.78 is 5.89. The van der Waals surface area contributed by atoms with Crippen molar-refractivity contribution in [1.29, 1.82) is 0 Å². The minimum Gasteiger partial charge on any atom is -0.489 e. The average Bonchev–Trinajstić information content (AvgIpc) is 2.59. The molecular weight excluding hydrogens is 374 g/mol. The summed E-state index contributed by atoms with van der Waals surface area (Å²) >= 11 is 0. The number of anilines is 1. The van der Waals surface area contributed by atoms with Crippen molar-refractivity contribution in [1.82, 2.24) is 20.3 Å². The van der Waals surface area contributed by atoms with Crippen molar-refractivity contribution in [3.63, 3.8) is 0 Å². The van der Waals surface area contributed by atoms with Crippen LogP contribution in [-0.4, -0.2) is 44.2 Å². The van der Waals surface area contributed by atoms with Crippen molar-refractivity contribution in [2.45, 2.75) is 46.6 Å². The minimum absolute atomic E-state index is 0.180. The zero-order chi connectivity index (χ0) is 21.6. The Bertz CT molecular complexity index is 887. The van der Waals surface area contributed by atoms with E-state index in [0.29, 0.717) is 41.0 Å². The lowest BCUT2D eigenvalue weighted by molar-refractivity contribution is -0.114. The quantitative estimate of drug-likeness (QED) is 0.620. The number of hydrogen-bond acceptors (Lipinski definition) is 6. The Labute approximate surface area is 169 Å². The molecule has 0 spiro atoms. The second-order valence-corrected chi connectivity index (χ2v) is 7.63. The summed E-state index contributed by atoms with van der Waals surface area (Å²) in [6.07, 6.45) is 0.911. The van der Waals surface area contributed by atoms with Crippen molar-refractivity contribution in [2.24, 2.45) is 5.92 Å². The highest BCUT2D eigenvalue weighted by Gasteiger charge is 2.29. The molecule has 0 saturated carbocycles. The zero-order valence-corrected chi connectivity index (χ0v) is 17.3. The fourth-order valence-corrected chi connectivity index (χ4v) is 3.13. The third kappa shape index (κ3) is 6.70. The van der Waals surface area contributed by atoms with Crippen LogP contribution >= 0.6 is 0 Å². The number of nitrogens with one attached hydrogen (secondary N) is 2. The maximum Gasteiger partial charge on any atom is 0.405 e. The number of amides is 2. The van der Waals surface area contributed by atoms with Crippen LogP contribution in [-0.2, 0) is 4.79 Å². The lowest BCUT2D eigenvalue weighted by atomic mass is 9.91. The van der Waals surface area contributed by atoms with Gasteiger partial charge in [0.25, 0.3) is 0 Å². The molecule has 0 radical (unpaired) electrons. The first-order valence-corrected chi connectivity index (χ1v) is 9.29. The highest BCUT2D eigenvalue weighted by Crippen LogP contribution is 2.25. The van der Waals surface area contributed by atoms with Gasteiger partial charge in [0.2, 0.25) is 5.91 Å². The predicted molar refractivity (Wildman–Crippen MR) is 109 cm³/mol. The molecule has 9 nitrogen and oxygen atoms in total. The van der Waals surface area contributed by atoms with E-state index in [4.69, 9.17) is 9.84 Å². The number of carboxylic acid groups (broad SMARTS) is 1. The van der Waals surface area contributed by atoms with Crippen LogP contribution in [0.25, 0.3) is 11.4 Å². The Hall–Kier alpha value is -3.23. The van der Waals surface area contributed by atoms with E-state index in [1.165, 1.54) is 13.3 Å². The van der Waals surface area contributed by atoms with Crippen LogP contribution in [0.5, 0.6) is 5.75 Å². The number of pyridine rings is 1. The maximum atomic E-state index is 11.2. The van der Waals surface area contributed by atoms with Gasteiger partial charge in [0.15, 0.2) is 0 Å². The highest BCUT2D eigenvalue weighted by molar-refractivity contribution is 5.88. The number of hydrogen-bond donors (Lipinski definition) is 3. The monoisotopic (exact) mass is 401 g/mol. The molecule has 0 saturated heterocycles. The fraction of sp³-hybridized carbons (Fsp3) is 0.450. The van der Waals surface area contributed by atoms with Gasteiger partial charge in [0, 0.05) is 13.0 Å². The normalized spacial score (nSPS) is 12.9. The Morgan fingerprint density at radius 3 is 2.55 bits per heavy atom. The molecule has 2 heterocycles. The van der Waals surface area contributed by atoms with Gasteiger partial charge < -0.3 is 20.5 Å². The van der Waals surface area contributed by atoms with E-state index in [1.807, 2.05) is 20.8 Å². The van der Waals surface area contributed by atoms with Crippen LogP contribution in [0.15, 0.2) is 24.5 Å². The molecule has 0 bridgehead atoms. The molecule has 156 valence electrons. The zero-order valence-electron chi connectivity index (χ0n) is 17.3. The molecule has 0 aliphatic heterocycles. The number of rotatable bonds is 8. The summed E-state index contributed by atoms with van der Waals surface area (Å²) in [5.41, 5.74) is 1.10. The summed E-state index contributed by atoms with van der Waals surface area (Å²) in [5.74, 6) is 1.04. The molecule has 29 heavy (non-hydrogen) atoms. The lowest BCUT2D eigenvalue weighted by Crippen LogP contribution is -2.50. The van der Waals surface area contributed by atoms with Crippen LogP contribution < -0.4 is 15.4 Å². The van der Waals surface area contributed by atoms with E-state index in [2.05, 4.69) is 25.6 Å². The van der Waals surface area contributed by atoms with Crippen molar-refractivity contribution in [3.8, 4) is 17.1 Å². The molecule has 0 aliphatic carbocycles. The first-order valence-electron chi connectivity index (χ1n) is 9.29. The Balaban J connectivity index is 2.17. The standard InChI is InChI=1S/C20H27N5O4/c1-12(2)9-20(5,25-19(27)28)10-29-17-7-6-15(23-13(17)3)16-8-18(22-11-21-16)24-14(4)26/h6-8,11-12,25H,9-10H2,1-5H3,(H,27,28)(H,21,22,24,26). The summed E-state index contributed by atoms with van der Waals surface area (Å²) in [4.78, 5) is 35.1. The van der Waals surface area contributed by atoms with Crippen molar-refractivity contribution in [2.75, 3.05) is 11.9 Å². The van der Waals surface area contributed by atoms with E-state index < -0.39 is 11.6 Å². The Morgan fingerprint density at radius 2 is 1.97 bits per heavy atom. The molecule has 2 rings (SSSR count). The van der Waals surface area contributed by atoms with Gasteiger partial charge in [0.05, 0.1) is 22.6 Å². The van der Waals surface area contributed by atoms with Crippen LogP contribution in [0.3, 0.4) is 0 Å². The van der Waals surface area contributed by atoms with Gasteiger partial charge in [-0.3, -0.25) is 4.79 Å². The first-order chi connectivity index (χ1) is 13.6. The van der Waals surface area contributed by atoms with Gasteiger partial charge >= 0.3 is 6.09 Å². The molecule has 2 amide bonds. The fourth-order valence-electron chi connectivity index (χ4n) is 3.13. The molecule has 0 aromatic carbocycles. The Kier molecular flexibility index (Phi) is 7.08. The van der Waals surface area contributed by atoms with Crippen LogP contribution in [0.2, 0.25) is 0 Å².